The summed E-state index contributed by atoms with van der Waals surface area (Å²) in [5.74, 6) is 2.04. The van der Waals surface area contributed by atoms with Crippen molar-refractivity contribution in [3.8, 4) is 17.2 Å². The first-order chi connectivity index (χ1) is 9.73. The maximum Gasteiger partial charge on any atom is 0.203 e. The monoisotopic (exact) mass is 279 g/mol. The summed E-state index contributed by atoms with van der Waals surface area (Å²) in [5, 5.41) is 3.33. The minimum atomic E-state index is 0.213. The zero-order valence-electron chi connectivity index (χ0n) is 12.9. The van der Waals surface area contributed by atoms with Crippen LogP contribution in [0.1, 0.15) is 30.9 Å². The van der Waals surface area contributed by atoms with Crippen LogP contribution in [0.2, 0.25) is 0 Å². The Bertz CT molecular complexity index is 432. The summed E-state index contributed by atoms with van der Waals surface area (Å²) in [6, 6.07) is 4.15. The molecule has 0 saturated heterocycles. The van der Waals surface area contributed by atoms with Gasteiger partial charge in [-0.15, -0.1) is 6.58 Å². The third-order valence-electron chi connectivity index (χ3n) is 3.36. The Hall–Kier alpha value is -1.68. The van der Waals surface area contributed by atoms with Crippen molar-refractivity contribution in [2.24, 2.45) is 0 Å². The molecule has 1 aromatic carbocycles. The Morgan fingerprint density at radius 1 is 1.15 bits per heavy atom. The molecule has 1 unspecified atom stereocenters. The van der Waals surface area contributed by atoms with Gasteiger partial charge in [0.25, 0.3) is 0 Å². The second-order valence-corrected chi connectivity index (χ2v) is 4.48. The SMILES string of the molecule is C=CCCCC(NC)c1ccc(OC)c(OC)c1OC. The second kappa shape index (κ2) is 8.48. The summed E-state index contributed by atoms with van der Waals surface area (Å²) in [4.78, 5) is 0. The number of hydrogen-bond acceptors (Lipinski definition) is 4. The number of nitrogens with one attached hydrogen (secondary N) is 1. The summed E-state index contributed by atoms with van der Waals surface area (Å²) >= 11 is 0. The molecule has 0 radical (unpaired) electrons. The number of allylic oxidation sites excluding steroid dienone is 1. The highest BCUT2D eigenvalue weighted by molar-refractivity contribution is 5.56. The summed E-state index contributed by atoms with van der Waals surface area (Å²) in [7, 11) is 6.85. The fourth-order valence-corrected chi connectivity index (χ4v) is 2.32. The number of hydrogen-bond donors (Lipinski definition) is 1. The minimum absolute atomic E-state index is 0.213. The lowest BCUT2D eigenvalue weighted by atomic mass is 9.99. The fourth-order valence-electron chi connectivity index (χ4n) is 2.32. The predicted molar refractivity (Wildman–Crippen MR) is 81.9 cm³/mol. The molecular weight excluding hydrogens is 254 g/mol. The van der Waals surface area contributed by atoms with Crippen molar-refractivity contribution in [2.45, 2.75) is 25.3 Å². The van der Waals surface area contributed by atoms with Gasteiger partial charge in [0.15, 0.2) is 11.5 Å². The Labute approximate surface area is 121 Å². The van der Waals surface area contributed by atoms with Crippen LogP contribution in [0.25, 0.3) is 0 Å². The Morgan fingerprint density at radius 2 is 1.85 bits per heavy atom. The van der Waals surface area contributed by atoms with Gasteiger partial charge in [0.05, 0.1) is 21.3 Å². The van der Waals surface area contributed by atoms with Gasteiger partial charge >= 0.3 is 0 Å². The molecule has 0 aliphatic rings. The number of rotatable bonds is 9. The Balaban J connectivity index is 3.11. The molecule has 20 heavy (non-hydrogen) atoms. The smallest absolute Gasteiger partial charge is 0.203 e. The third-order valence-corrected chi connectivity index (χ3v) is 3.36. The number of ether oxygens (including phenoxy) is 3. The van der Waals surface area contributed by atoms with Gasteiger partial charge in [-0.2, -0.15) is 0 Å². The normalized spacial score (nSPS) is 11.8. The number of benzene rings is 1. The maximum atomic E-state index is 5.53. The molecule has 0 heterocycles. The molecule has 4 nitrogen and oxygen atoms in total. The van der Waals surface area contributed by atoms with Crippen LogP contribution in [-0.4, -0.2) is 28.4 Å². The fraction of sp³-hybridized carbons (Fsp3) is 0.500. The van der Waals surface area contributed by atoms with Gasteiger partial charge in [-0.1, -0.05) is 6.08 Å². The molecule has 1 atom stereocenters. The highest BCUT2D eigenvalue weighted by Gasteiger charge is 2.20. The van der Waals surface area contributed by atoms with Crippen LogP contribution in [0.4, 0.5) is 0 Å². The standard InChI is InChI=1S/C16H25NO3/c1-6-7-8-9-13(17-2)12-10-11-14(18-3)16(20-5)15(12)19-4/h6,10-11,13,17H,1,7-9H2,2-5H3. The molecule has 1 N–H and O–H groups in total. The molecule has 0 bridgehead atoms. The molecule has 112 valence electrons. The van der Waals surface area contributed by atoms with Gasteiger partial charge in [0.1, 0.15) is 0 Å². The average Bonchev–Trinajstić information content (AvgIpc) is 2.50. The van der Waals surface area contributed by atoms with E-state index in [1.165, 1.54) is 0 Å². The molecular formula is C16H25NO3. The van der Waals surface area contributed by atoms with Crippen molar-refractivity contribution in [2.75, 3.05) is 28.4 Å². The van der Waals surface area contributed by atoms with Gasteiger partial charge in [-0.3, -0.25) is 0 Å². The minimum Gasteiger partial charge on any atom is -0.493 e. The lowest BCUT2D eigenvalue weighted by Gasteiger charge is -2.22. The van der Waals surface area contributed by atoms with Crippen molar-refractivity contribution in [1.82, 2.24) is 5.32 Å². The highest BCUT2D eigenvalue weighted by atomic mass is 16.5. The van der Waals surface area contributed by atoms with E-state index in [9.17, 15) is 0 Å². The summed E-state index contributed by atoms with van der Waals surface area (Å²) in [6.07, 6.45) is 5.03. The van der Waals surface area contributed by atoms with Crippen molar-refractivity contribution >= 4 is 0 Å². The average molecular weight is 279 g/mol. The van der Waals surface area contributed by atoms with Gasteiger partial charge in [-0.25, -0.2) is 0 Å². The first kappa shape index (κ1) is 16.4. The van der Waals surface area contributed by atoms with Gasteiger partial charge in [-0.05, 0) is 38.4 Å². The lowest BCUT2D eigenvalue weighted by molar-refractivity contribution is 0.318. The van der Waals surface area contributed by atoms with Gasteiger partial charge < -0.3 is 19.5 Å². The Morgan fingerprint density at radius 3 is 2.35 bits per heavy atom. The number of unbranched alkanes of at least 4 members (excludes halogenated alkanes) is 1. The van der Waals surface area contributed by atoms with Crippen LogP contribution in [0.15, 0.2) is 24.8 Å². The summed E-state index contributed by atoms with van der Waals surface area (Å²) < 4.78 is 16.3. The van der Waals surface area contributed by atoms with E-state index in [0.29, 0.717) is 11.5 Å². The summed E-state index contributed by atoms with van der Waals surface area (Å²) in [6.45, 7) is 3.76. The molecule has 0 aromatic heterocycles. The largest absolute Gasteiger partial charge is 0.493 e. The molecule has 0 fully saturated rings. The van der Waals surface area contributed by atoms with Crippen LogP contribution in [0.3, 0.4) is 0 Å². The predicted octanol–water partition coefficient (Wildman–Crippen LogP) is 3.33. The van der Waals surface area contributed by atoms with Crippen molar-refractivity contribution < 1.29 is 14.2 Å². The van der Waals surface area contributed by atoms with E-state index in [-0.39, 0.29) is 6.04 Å². The van der Waals surface area contributed by atoms with Gasteiger partial charge in [0, 0.05) is 11.6 Å². The molecule has 0 aliphatic carbocycles. The van der Waals surface area contributed by atoms with Crippen LogP contribution in [0.5, 0.6) is 17.2 Å². The number of methoxy groups -OCH3 is 3. The summed E-state index contributed by atoms with van der Waals surface area (Å²) in [5.41, 5.74) is 1.08. The molecule has 0 amide bonds. The molecule has 0 saturated carbocycles. The zero-order valence-corrected chi connectivity index (χ0v) is 12.9. The highest BCUT2D eigenvalue weighted by Crippen LogP contribution is 2.42. The topological polar surface area (TPSA) is 39.7 Å². The molecule has 1 rings (SSSR count). The van der Waals surface area contributed by atoms with Gasteiger partial charge in [0.2, 0.25) is 5.75 Å². The zero-order chi connectivity index (χ0) is 15.0. The van der Waals surface area contributed by atoms with Crippen LogP contribution >= 0.6 is 0 Å². The molecule has 4 heteroatoms. The first-order valence-corrected chi connectivity index (χ1v) is 6.80. The van der Waals surface area contributed by atoms with Crippen LogP contribution < -0.4 is 19.5 Å². The van der Waals surface area contributed by atoms with E-state index < -0.39 is 0 Å². The van der Waals surface area contributed by atoms with E-state index >= 15 is 0 Å². The first-order valence-electron chi connectivity index (χ1n) is 6.80. The van der Waals surface area contributed by atoms with E-state index in [2.05, 4.69) is 11.9 Å². The quantitative estimate of drug-likeness (QED) is 0.556. The molecule has 0 spiro atoms. The van der Waals surface area contributed by atoms with E-state index in [1.807, 2.05) is 25.3 Å². The van der Waals surface area contributed by atoms with Crippen molar-refractivity contribution in [3.63, 3.8) is 0 Å². The van der Waals surface area contributed by atoms with E-state index in [0.717, 1.165) is 30.6 Å². The van der Waals surface area contributed by atoms with E-state index in [1.54, 1.807) is 21.3 Å². The molecule has 1 aromatic rings. The molecule has 0 aliphatic heterocycles. The van der Waals surface area contributed by atoms with Crippen LogP contribution in [-0.2, 0) is 0 Å². The third kappa shape index (κ3) is 3.67. The van der Waals surface area contributed by atoms with Crippen molar-refractivity contribution in [1.29, 1.82) is 0 Å². The van der Waals surface area contributed by atoms with Crippen molar-refractivity contribution in [3.05, 3.63) is 30.4 Å². The lowest BCUT2D eigenvalue weighted by Crippen LogP contribution is -2.17. The van der Waals surface area contributed by atoms with Crippen LogP contribution in [0, 0.1) is 0 Å². The van der Waals surface area contributed by atoms with E-state index in [4.69, 9.17) is 14.2 Å². The second-order valence-electron chi connectivity index (χ2n) is 4.48. The Kier molecular flexibility index (Phi) is 6.94. The maximum absolute atomic E-state index is 5.53.